The lowest BCUT2D eigenvalue weighted by atomic mass is 10.1. The molecule has 204 valence electrons. The van der Waals surface area contributed by atoms with Crippen LogP contribution in [0.5, 0.6) is 5.75 Å². The Labute approximate surface area is 218 Å². The minimum absolute atomic E-state index is 0.120. The number of sulfonamides is 1. The number of anilines is 1. The summed E-state index contributed by atoms with van der Waals surface area (Å²) in [6, 6.07) is 12.8. The van der Waals surface area contributed by atoms with Gasteiger partial charge in [-0.2, -0.15) is 4.31 Å². The van der Waals surface area contributed by atoms with Gasteiger partial charge in [0.2, 0.25) is 10.0 Å². The highest BCUT2D eigenvalue weighted by Crippen LogP contribution is 2.27. The number of fused-ring (bicyclic) bond motifs is 1. The van der Waals surface area contributed by atoms with Crippen molar-refractivity contribution in [1.82, 2.24) is 19.5 Å². The number of pyridine rings is 1. The summed E-state index contributed by atoms with van der Waals surface area (Å²) in [6.07, 6.45) is -4.27. The minimum Gasteiger partial charge on any atom is -0.406 e. The molecule has 1 aliphatic heterocycles. The maximum Gasteiger partial charge on any atom is 0.573 e. The van der Waals surface area contributed by atoms with Gasteiger partial charge in [0.25, 0.3) is 0 Å². The number of nitrogens with one attached hydrogen (secondary N) is 2. The molecular formula is C25H28F3N5O4S. The Hall–Kier alpha value is -3.42. The number of hydrogen-bond acceptors (Lipinski definition) is 6. The van der Waals surface area contributed by atoms with Crippen LogP contribution in [0, 0.1) is 6.92 Å². The zero-order chi connectivity index (χ0) is 27.5. The van der Waals surface area contributed by atoms with Gasteiger partial charge >= 0.3 is 12.4 Å². The van der Waals surface area contributed by atoms with E-state index in [1.165, 1.54) is 11.4 Å². The molecule has 0 aliphatic carbocycles. The molecule has 3 aromatic rings. The van der Waals surface area contributed by atoms with Crippen LogP contribution in [0.1, 0.15) is 12.1 Å². The maximum absolute atomic E-state index is 13.0. The van der Waals surface area contributed by atoms with Gasteiger partial charge in [0, 0.05) is 43.8 Å². The molecule has 2 aromatic carbocycles. The molecular weight excluding hydrogens is 523 g/mol. The van der Waals surface area contributed by atoms with E-state index in [9.17, 15) is 26.4 Å². The average Bonchev–Trinajstić information content (AvgIpc) is 3.31. The number of ether oxygens (including phenoxy) is 1. The lowest BCUT2D eigenvalue weighted by Gasteiger charge is -2.24. The molecule has 13 heteroatoms. The number of rotatable bonds is 8. The Morgan fingerprint density at radius 1 is 1.18 bits per heavy atom. The van der Waals surface area contributed by atoms with Crippen molar-refractivity contribution in [3.8, 4) is 5.75 Å². The highest BCUT2D eigenvalue weighted by molar-refractivity contribution is 7.89. The number of carbonyl (C=O) groups is 1. The van der Waals surface area contributed by atoms with Crippen LogP contribution >= 0.6 is 0 Å². The largest absolute Gasteiger partial charge is 0.573 e. The summed E-state index contributed by atoms with van der Waals surface area (Å²) < 4.78 is 68.1. The predicted molar refractivity (Wildman–Crippen MR) is 136 cm³/mol. The molecule has 9 nitrogen and oxygen atoms in total. The molecule has 0 saturated carbocycles. The Kier molecular flexibility index (Phi) is 8.09. The summed E-state index contributed by atoms with van der Waals surface area (Å²) in [5.41, 5.74) is 2.24. The quantitative estimate of drug-likeness (QED) is 0.439. The van der Waals surface area contributed by atoms with Gasteiger partial charge in [-0.1, -0.05) is 18.2 Å². The van der Waals surface area contributed by atoms with Crippen molar-refractivity contribution >= 4 is 32.6 Å². The summed E-state index contributed by atoms with van der Waals surface area (Å²) in [4.78, 5) is 18.9. The Morgan fingerprint density at radius 2 is 1.89 bits per heavy atom. The standard InChI is InChI=1S/C25H28F3N5O4S/c1-17-15-23(21-5-3-4-6-22(21)30-17)31-24(34)29-12-14-33-13-11-18(16-33)32(2)38(35,36)20-9-7-19(8-10-20)37-25(26,27)28/h3-10,15,18H,11-14,16H2,1-2H3,(H2,29,30,31,34). The van der Waals surface area contributed by atoms with E-state index in [0.29, 0.717) is 38.3 Å². The number of urea groups is 1. The number of amides is 2. The van der Waals surface area contributed by atoms with Crippen molar-refractivity contribution in [3.05, 3.63) is 60.3 Å². The number of halogens is 3. The number of aryl methyl sites for hydroxylation is 1. The molecule has 1 fully saturated rings. The van der Waals surface area contributed by atoms with Crippen LogP contribution in [0.2, 0.25) is 0 Å². The first-order chi connectivity index (χ1) is 17.9. The zero-order valence-corrected chi connectivity index (χ0v) is 21.6. The first-order valence-electron chi connectivity index (χ1n) is 11.9. The molecule has 1 unspecified atom stereocenters. The summed E-state index contributed by atoms with van der Waals surface area (Å²) in [5, 5.41) is 6.53. The second-order valence-electron chi connectivity index (χ2n) is 8.99. The van der Waals surface area contributed by atoms with Crippen LogP contribution in [0.15, 0.2) is 59.5 Å². The molecule has 0 bridgehead atoms. The van der Waals surface area contributed by atoms with Gasteiger partial charge in [0.1, 0.15) is 5.75 Å². The van der Waals surface area contributed by atoms with E-state index in [1.54, 1.807) is 6.07 Å². The van der Waals surface area contributed by atoms with Crippen molar-refractivity contribution in [2.75, 3.05) is 38.5 Å². The molecule has 2 heterocycles. The van der Waals surface area contributed by atoms with E-state index in [4.69, 9.17) is 0 Å². The molecule has 1 aliphatic rings. The van der Waals surface area contributed by atoms with Gasteiger partial charge < -0.3 is 15.4 Å². The van der Waals surface area contributed by atoms with E-state index >= 15 is 0 Å². The summed E-state index contributed by atoms with van der Waals surface area (Å²) in [6.45, 7) is 3.84. The lowest BCUT2D eigenvalue weighted by Crippen LogP contribution is -2.40. The first kappa shape index (κ1) is 27.6. The number of aromatic nitrogens is 1. The van der Waals surface area contributed by atoms with Crippen molar-refractivity contribution < 1.29 is 31.1 Å². The smallest absolute Gasteiger partial charge is 0.406 e. The van der Waals surface area contributed by atoms with Gasteiger partial charge in [-0.25, -0.2) is 13.2 Å². The summed E-state index contributed by atoms with van der Waals surface area (Å²) >= 11 is 0. The Bertz CT molecular complexity index is 1400. The SMILES string of the molecule is Cc1cc(NC(=O)NCCN2CCC(N(C)S(=O)(=O)c3ccc(OC(F)(F)F)cc3)C2)c2ccccc2n1. The van der Waals surface area contributed by atoms with Crippen LogP contribution in [-0.4, -0.2) is 74.3 Å². The number of carbonyl (C=O) groups excluding carboxylic acids is 1. The average molecular weight is 552 g/mol. The van der Waals surface area contributed by atoms with Gasteiger partial charge in [-0.15, -0.1) is 13.2 Å². The fourth-order valence-electron chi connectivity index (χ4n) is 4.39. The number of benzene rings is 2. The highest BCUT2D eigenvalue weighted by atomic mass is 32.2. The van der Waals surface area contributed by atoms with E-state index in [0.717, 1.165) is 40.9 Å². The van der Waals surface area contributed by atoms with E-state index in [1.807, 2.05) is 36.1 Å². The third-order valence-electron chi connectivity index (χ3n) is 6.30. The molecule has 0 radical (unpaired) electrons. The molecule has 1 atom stereocenters. The Balaban J connectivity index is 1.27. The van der Waals surface area contributed by atoms with Crippen LogP contribution in [-0.2, 0) is 10.0 Å². The van der Waals surface area contributed by atoms with Crippen molar-refractivity contribution in [2.24, 2.45) is 0 Å². The molecule has 0 spiro atoms. The van der Waals surface area contributed by atoms with Crippen LogP contribution < -0.4 is 15.4 Å². The second kappa shape index (κ2) is 11.1. The fourth-order valence-corrected chi connectivity index (χ4v) is 5.77. The maximum atomic E-state index is 13.0. The number of likely N-dealkylation sites (tertiary alicyclic amines) is 1. The monoisotopic (exact) mass is 551 g/mol. The van der Waals surface area contributed by atoms with Crippen molar-refractivity contribution in [1.29, 1.82) is 0 Å². The number of nitrogens with zero attached hydrogens (tertiary/aromatic N) is 3. The zero-order valence-electron chi connectivity index (χ0n) is 20.8. The normalized spacial score (nSPS) is 16.6. The number of likely N-dealkylation sites (N-methyl/N-ethyl adjacent to an activating group) is 1. The molecule has 1 aromatic heterocycles. The molecule has 2 amide bonds. The van der Waals surface area contributed by atoms with E-state index in [2.05, 4.69) is 20.4 Å². The fraction of sp³-hybridized carbons (Fsp3) is 0.360. The molecule has 2 N–H and O–H groups in total. The topological polar surface area (TPSA) is 104 Å². The highest BCUT2D eigenvalue weighted by Gasteiger charge is 2.34. The third kappa shape index (κ3) is 6.71. The van der Waals surface area contributed by atoms with E-state index in [-0.39, 0.29) is 17.0 Å². The Morgan fingerprint density at radius 3 is 2.61 bits per heavy atom. The first-order valence-corrected chi connectivity index (χ1v) is 13.3. The van der Waals surface area contributed by atoms with E-state index < -0.39 is 22.1 Å². The van der Waals surface area contributed by atoms with Gasteiger partial charge in [-0.3, -0.25) is 9.88 Å². The molecule has 4 rings (SSSR count). The van der Waals surface area contributed by atoms with Gasteiger partial charge in [0.15, 0.2) is 0 Å². The number of para-hydroxylation sites is 1. The number of hydrogen-bond donors (Lipinski definition) is 2. The van der Waals surface area contributed by atoms with Gasteiger partial charge in [-0.05, 0) is 56.3 Å². The summed E-state index contributed by atoms with van der Waals surface area (Å²) in [7, 11) is -2.46. The van der Waals surface area contributed by atoms with Crippen LogP contribution in [0.4, 0.5) is 23.7 Å². The van der Waals surface area contributed by atoms with Crippen molar-refractivity contribution in [2.45, 2.75) is 30.6 Å². The molecule has 38 heavy (non-hydrogen) atoms. The van der Waals surface area contributed by atoms with Crippen LogP contribution in [0.25, 0.3) is 10.9 Å². The predicted octanol–water partition coefficient (Wildman–Crippen LogP) is 3.96. The number of alkyl halides is 3. The third-order valence-corrected chi connectivity index (χ3v) is 8.23. The van der Waals surface area contributed by atoms with Crippen LogP contribution in [0.3, 0.4) is 0 Å². The lowest BCUT2D eigenvalue weighted by molar-refractivity contribution is -0.274. The molecule has 1 saturated heterocycles. The second-order valence-corrected chi connectivity index (χ2v) is 11.0. The van der Waals surface area contributed by atoms with Crippen molar-refractivity contribution in [3.63, 3.8) is 0 Å². The van der Waals surface area contributed by atoms with Gasteiger partial charge in [0.05, 0.1) is 16.1 Å². The minimum atomic E-state index is -4.85. The summed E-state index contributed by atoms with van der Waals surface area (Å²) in [5.74, 6) is -0.491.